The summed E-state index contributed by atoms with van der Waals surface area (Å²) in [4.78, 5) is 13.5. The molecule has 0 aromatic carbocycles. The quantitative estimate of drug-likeness (QED) is 0.860. The Morgan fingerprint density at radius 2 is 1.91 bits per heavy atom. The number of likely N-dealkylation sites (tertiary alicyclic amines) is 1. The summed E-state index contributed by atoms with van der Waals surface area (Å²) in [5.41, 5.74) is 0.566. The second kappa shape index (κ2) is 6.51. The van der Waals surface area contributed by atoms with Gasteiger partial charge in [0, 0.05) is 24.7 Å². The van der Waals surface area contributed by atoms with E-state index in [9.17, 15) is 13.2 Å². The van der Waals surface area contributed by atoms with Crippen LogP contribution in [0.1, 0.15) is 48.8 Å². The number of carboxylic acid groups (broad SMARTS) is 1. The molecule has 0 saturated carbocycles. The van der Waals surface area contributed by atoms with Gasteiger partial charge in [-0.05, 0) is 52.2 Å². The summed E-state index contributed by atoms with van der Waals surface area (Å²) in [5, 5.41) is 9.06. The van der Waals surface area contributed by atoms with E-state index in [1.165, 1.54) is 6.07 Å². The van der Waals surface area contributed by atoms with Gasteiger partial charge >= 0.3 is 5.97 Å². The molecule has 2 heterocycles. The smallest absolute Gasteiger partial charge is 0.346 e. The number of carbonyl (C=O) groups is 1. The highest BCUT2D eigenvalue weighted by atomic mass is 32.2. The van der Waals surface area contributed by atoms with E-state index >= 15 is 0 Å². The van der Waals surface area contributed by atoms with Crippen LogP contribution in [0.2, 0.25) is 0 Å². The molecule has 2 N–H and O–H groups in total. The maximum Gasteiger partial charge on any atom is 0.346 e. The number of sulfonamides is 1. The van der Waals surface area contributed by atoms with Crippen molar-refractivity contribution in [3.8, 4) is 0 Å². The molecule has 0 unspecified atom stereocenters. The van der Waals surface area contributed by atoms with Gasteiger partial charge in [0.25, 0.3) is 0 Å². The number of nitrogens with one attached hydrogen (secondary N) is 1. The molecule has 1 saturated heterocycles. The Kier molecular flexibility index (Phi) is 5.20. The molecular weight excluding hydrogens is 336 g/mol. The number of piperidine rings is 1. The van der Waals surface area contributed by atoms with E-state index in [0.717, 1.165) is 37.3 Å². The number of rotatable bonds is 4. The van der Waals surface area contributed by atoms with Crippen LogP contribution in [0.15, 0.2) is 10.3 Å². The van der Waals surface area contributed by atoms with Crippen molar-refractivity contribution in [2.24, 2.45) is 0 Å². The summed E-state index contributed by atoms with van der Waals surface area (Å²) in [6, 6.07) is 1.33. The van der Waals surface area contributed by atoms with E-state index in [2.05, 4.69) is 30.4 Å². The number of nitrogens with zero attached hydrogens (tertiary/aromatic N) is 1. The van der Waals surface area contributed by atoms with Crippen LogP contribution in [-0.4, -0.2) is 49.1 Å². The first kappa shape index (κ1) is 18.4. The van der Waals surface area contributed by atoms with Gasteiger partial charge in [0.15, 0.2) is 0 Å². The molecular formula is C15H24N2O4S2. The van der Waals surface area contributed by atoms with Gasteiger partial charge in [-0.15, -0.1) is 11.3 Å². The van der Waals surface area contributed by atoms with Crippen LogP contribution in [0.3, 0.4) is 0 Å². The van der Waals surface area contributed by atoms with Crippen LogP contribution in [0, 0.1) is 6.92 Å². The Morgan fingerprint density at radius 1 is 1.35 bits per heavy atom. The fraction of sp³-hybridized carbons (Fsp3) is 0.667. The zero-order valence-corrected chi connectivity index (χ0v) is 15.6. The molecule has 2 rings (SSSR count). The largest absolute Gasteiger partial charge is 0.477 e. The lowest BCUT2D eigenvalue weighted by molar-refractivity contribution is 0.0701. The second-order valence-electron chi connectivity index (χ2n) is 6.94. The molecule has 1 fully saturated rings. The fourth-order valence-electron chi connectivity index (χ4n) is 2.74. The fourth-order valence-corrected chi connectivity index (χ4v) is 5.44. The van der Waals surface area contributed by atoms with Crippen LogP contribution in [0.5, 0.6) is 0 Å². The van der Waals surface area contributed by atoms with Crippen molar-refractivity contribution < 1.29 is 18.3 Å². The minimum absolute atomic E-state index is 0.0747. The summed E-state index contributed by atoms with van der Waals surface area (Å²) in [5.74, 6) is -1.09. The first-order chi connectivity index (χ1) is 10.5. The van der Waals surface area contributed by atoms with Gasteiger partial charge in [-0.2, -0.15) is 0 Å². The zero-order valence-electron chi connectivity index (χ0n) is 13.9. The van der Waals surface area contributed by atoms with Gasteiger partial charge < -0.3 is 5.11 Å². The van der Waals surface area contributed by atoms with Crippen LogP contribution < -0.4 is 4.72 Å². The Hall–Kier alpha value is -0.960. The molecule has 0 amide bonds. The number of carboxylic acids is 1. The first-order valence-corrected chi connectivity index (χ1v) is 9.92. The molecule has 0 spiro atoms. The molecule has 0 bridgehead atoms. The Morgan fingerprint density at radius 3 is 2.35 bits per heavy atom. The van der Waals surface area contributed by atoms with E-state index in [4.69, 9.17) is 5.11 Å². The van der Waals surface area contributed by atoms with Crippen molar-refractivity contribution in [1.29, 1.82) is 0 Å². The van der Waals surface area contributed by atoms with Crippen molar-refractivity contribution in [3.63, 3.8) is 0 Å². The highest BCUT2D eigenvalue weighted by molar-refractivity contribution is 7.91. The summed E-state index contributed by atoms with van der Waals surface area (Å²) in [7, 11) is -3.66. The van der Waals surface area contributed by atoms with Crippen LogP contribution >= 0.6 is 11.3 Å². The van der Waals surface area contributed by atoms with Crippen LogP contribution in [0.25, 0.3) is 0 Å². The third-order valence-corrected chi connectivity index (χ3v) is 7.34. The highest BCUT2D eigenvalue weighted by Crippen LogP contribution is 2.27. The van der Waals surface area contributed by atoms with Crippen LogP contribution in [-0.2, 0) is 10.0 Å². The van der Waals surface area contributed by atoms with E-state index < -0.39 is 16.0 Å². The average molecular weight is 361 g/mol. The Bertz CT molecular complexity index is 681. The minimum atomic E-state index is -3.66. The van der Waals surface area contributed by atoms with Crippen molar-refractivity contribution in [2.45, 2.75) is 56.3 Å². The van der Waals surface area contributed by atoms with E-state index in [1.54, 1.807) is 6.92 Å². The van der Waals surface area contributed by atoms with Crippen LogP contribution in [0.4, 0.5) is 0 Å². The summed E-state index contributed by atoms with van der Waals surface area (Å²) >= 11 is 0.808. The van der Waals surface area contributed by atoms with Gasteiger partial charge in [0.2, 0.25) is 10.0 Å². The lowest BCUT2D eigenvalue weighted by Gasteiger charge is -2.40. The van der Waals surface area contributed by atoms with E-state index in [0.29, 0.717) is 5.56 Å². The number of thiophene rings is 1. The molecule has 130 valence electrons. The van der Waals surface area contributed by atoms with Crippen molar-refractivity contribution in [2.75, 3.05) is 13.1 Å². The Balaban J connectivity index is 2.05. The molecule has 0 radical (unpaired) electrons. The van der Waals surface area contributed by atoms with Gasteiger partial charge in [-0.3, -0.25) is 4.90 Å². The Labute approximate surface area is 141 Å². The number of hydrogen-bond donors (Lipinski definition) is 2. The molecule has 1 aliphatic rings. The number of aromatic carboxylic acids is 1. The summed E-state index contributed by atoms with van der Waals surface area (Å²) in [6.07, 6.45) is 1.51. The molecule has 8 heteroatoms. The van der Waals surface area contributed by atoms with E-state index in [1.807, 2.05) is 0 Å². The number of hydrogen-bond acceptors (Lipinski definition) is 5. The third kappa shape index (κ3) is 4.32. The van der Waals surface area contributed by atoms with Gasteiger partial charge in [-0.1, -0.05) is 0 Å². The SMILES string of the molecule is Cc1cc(S(=O)(=O)NC2CCN(C(C)(C)C)CC2)sc1C(=O)O. The maximum absolute atomic E-state index is 12.5. The summed E-state index contributed by atoms with van der Waals surface area (Å²) in [6.45, 7) is 9.76. The predicted octanol–water partition coefficient (Wildman–Crippen LogP) is 2.30. The van der Waals surface area contributed by atoms with Gasteiger partial charge in [0.05, 0.1) is 0 Å². The maximum atomic E-state index is 12.5. The van der Waals surface area contributed by atoms with E-state index in [-0.39, 0.29) is 20.7 Å². The predicted molar refractivity (Wildman–Crippen MR) is 90.7 cm³/mol. The van der Waals surface area contributed by atoms with Crippen molar-refractivity contribution in [3.05, 3.63) is 16.5 Å². The highest BCUT2D eigenvalue weighted by Gasteiger charge is 2.30. The minimum Gasteiger partial charge on any atom is -0.477 e. The number of aryl methyl sites for hydroxylation is 1. The lowest BCUT2D eigenvalue weighted by atomic mass is 9.99. The molecule has 1 aromatic heterocycles. The summed E-state index contributed by atoms with van der Waals surface area (Å²) < 4.78 is 27.7. The molecule has 0 aliphatic carbocycles. The van der Waals surface area contributed by atoms with Gasteiger partial charge in [0.1, 0.15) is 9.09 Å². The lowest BCUT2D eigenvalue weighted by Crippen LogP contribution is -2.50. The topological polar surface area (TPSA) is 86.7 Å². The van der Waals surface area contributed by atoms with Crippen molar-refractivity contribution in [1.82, 2.24) is 9.62 Å². The molecule has 1 aromatic rings. The first-order valence-electron chi connectivity index (χ1n) is 7.62. The zero-order chi connectivity index (χ0) is 17.4. The molecule has 1 aliphatic heterocycles. The third-order valence-electron chi connectivity index (χ3n) is 4.12. The van der Waals surface area contributed by atoms with Gasteiger partial charge in [-0.25, -0.2) is 17.9 Å². The second-order valence-corrected chi connectivity index (χ2v) is 9.93. The normalized spacial score (nSPS) is 18.3. The molecule has 0 atom stereocenters. The molecule has 6 nitrogen and oxygen atoms in total. The average Bonchev–Trinajstić information content (AvgIpc) is 2.81. The monoisotopic (exact) mass is 360 g/mol. The standard InChI is InChI=1S/C15H24N2O4S2/c1-10-9-12(22-13(10)14(18)19)23(20,21)16-11-5-7-17(8-6-11)15(2,3)4/h9,11,16H,5-8H2,1-4H3,(H,18,19). The van der Waals surface area contributed by atoms with Crippen molar-refractivity contribution >= 4 is 27.3 Å². The molecule has 23 heavy (non-hydrogen) atoms.